The first kappa shape index (κ1) is 22.0. The molecular formula is C25H26FN3O2. The van der Waals surface area contributed by atoms with E-state index in [0.29, 0.717) is 16.9 Å². The highest BCUT2D eigenvalue weighted by molar-refractivity contribution is 6.03. The summed E-state index contributed by atoms with van der Waals surface area (Å²) in [5.74, 6) is -0.896. The van der Waals surface area contributed by atoms with Crippen molar-refractivity contribution in [2.45, 2.75) is 20.8 Å². The van der Waals surface area contributed by atoms with Crippen LogP contribution in [0.1, 0.15) is 27.0 Å². The molecule has 0 aliphatic heterocycles. The third-order valence-electron chi connectivity index (χ3n) is 4.95. The summed E-state index contributed by atoms with van der Waals surface area (Å²) in [6, 6.07) is 16.9. The molecular weight excluding hydrogens is 393 g/mol. The van der Waals surface area contributed by atoms with Gasteiger partial charge >= 0.3 is 0 Å². The van der Waals surface area contributed by atoms with E-state index in [9.17, 15) is 14.0 Å². The molecule has 0 bridgehead atoms. The van der Waals surface area contributed by atoms with E-state index < -0.39 is 0 Å². The van der Waals surface area contributed by atoms with E-state index in [0.717, 1.165) is 22.4 Å². The molecule has 0 aliphatic rings. The molecule has 6 heteroatoms. The van der Waals surface area contributed by atoms with Gasteiger partial charge in [-0.2, -0.15) is 0 Å². The molecule has 0 atom stereocenters. The zero-order valence-electron chi connectivity index (χ0n) is 18.1. The lowest BCUT2D eigenvalue weighted by atomic mass is 10.1. The summed E-state index contributed by atoms with van der Waals surface area (Å²) in [6.45, 7) is 5.82. The minimum absolute atomic E-state index is 0.0868. The van der Waals surface area contributed by atoms with Crippen LogP contribution in [0.25, 0.3) is 0 Å². The van der Waals surface area contributed by atoms with Crippen LogP contribution >= 0.6 is 0 Å². The summed E-state index contributed by atoms with van der Waals surface area (Å²) in [5.41, 5.74) is 5.52. The molecule has 31 heavy (non-hydrogen) atoms. The summed E-state index contributed by atoms with van der Waals surface area (Å²) in [7, 11) is 1.59. The highest BCUT2D eigenvalue weighted by Gasteiger charge is 2.19. The molecule has 0 unspecified atom stereocenters. The topological polar surface area (TPSA) is 61.4 Å². The molecule has 5 nitrogen and oxygen atoms in total. The Bertz CT molecular complexity index is 1090. The molecule has 3 aromatic carbocycles. The van der Waals surface area contributed by atoms with E-state index in [-0.39, 0.29) is 24.2 Å². The maximum atomic E-state index is 13.2. The minimum Gasteiger partial charge on any atom is -0.355 e. The third kappa shape index (κ3) is 5.48. The molecule has 0 aromatic heterocycles. The highest BCUT2D eigenvalue weighted by atomic mass is 19.1. The van der Waals surface area contributed by atoms with Crippen LogP contribution in [-0.4, -0.2) is 30.3 Å². The lowest BCUT2D eigenvalue weighted by Crippen LogP contribution is -2.35. The predicted molar refractivity (Wildman–Crippen MR) is 122 cm³/mol. The average Bonchev–Trinajstić information content (AvgIpc) is 2.72. The number of aryl methyl sites for hydroxylation is 3. The van der Waals surface area contributed by atoms with Crippen molar-refractivity contribution in [3.05, 3.63) is 88.7 Å². The number of carbonyl (C=O) groups excluding carboxylic acids is 2. The van der Waals surface area contributed by atoms with Gasteiger partial charge in [-0.1, -0.05) is 29.8 Å². The fourth-order valence-electron chi connectivity index (χ4n) is 3.52. The molecule has 2 amide bonds. The van der Waals surface area contributed by atoms with E-state index in [1.165, 1.54) is 17.0 Å². The number of hydrogen-bond donors (Lipinski definition) is 2. The molecule has 2 N–H and O–H groups in total. The van der Waals surface area contributed by atoms with Gasteiger partial charge in [-0.25, -0.2) is 4.39 Å². The quantitative estimate of drug-likeness (QED) is 0.577. The molecule has 3 aromatic rings. The molecule has 0 radical (unpaired) electrons. The maximum absolute atomic E-state index is 13.2. The SMILES string of the molecule is Cc1cc(C)c(NC(=O)CN(C)C(=O)c2ccccc2Nc2ccc(F)cc2)c(C)c1. The summed E-state index contributed by atoms with van der Waals surface area (Å²) >= 11 is 0. The van der Waals surface area contributed by atoms with Gasteiger partial charge in [0, 0.05) is 18.4 Å². The fraction of sp³-hybridized carbons (Fsp3) is 0.200. The number of nitrogens with one attached hydrogen (secondary N) is 2. The Morgan fingerprint density at radius 2 is 1.55 bits per heavy atom. The number of anilines is 3. The number of carbonyl (C=O) groups is 2. The van der Waals surface area contributed by atoms with Crippen molar-refractivity contribution in [3.63, 3.8) is 0 Å². The normalized spacial score (nSPS) is 10.5. The van der Waals surface area contributed by atoms with Crippen molar-refractivity contribution in [2.75, 3.05) is 24.2 Å². The Kier molecular flexibility index (Phi) is 6.70. The van der Waals surface area contributed by atoms with Crippen LogP contribution in [-0.2, 0) is 4.79 Å². The Balaban J connectivity index is 1.71. The summed E-state index contributed by atoms with van der Waals surface area (Å²) in [5, 5.41) is 6.05. The second-order valence-corrected chi connectivity index (χ2v) is 7.66. The molecule has 0 aliphatic carbocycles. The van der Waals surface area contributed by atoms with Gasteiger partial charge < -0.3 is 15.5 Å². The lowest BCUT2D eigenvalue weighted by Gasteiger charge is -2.20. The van der Waals surface area contributed by atoms with Crippen molar-refractivity contribution in [3.8, 4) is 0 Å². The number of nitrogens with zero attached hydrogens (tertiary/aromatic N) is 1. The standard InChI is InChI=1S/C25H26FN3O2/c1-16-13-17(2)24(18(3)14-16)28-23(30)15-29(4)25(31)21-7-5-6-8-22(21)27-20-11-9-19(26)10-12-20/h5-14,27H,15H2,1-4H3,(H,28,30). The van der Waals surface area contributed by atoms with Gasteiger partial charge in [0.15, 0.2) is 0 Å². The van der Waals surface area contributed by atoms with Gasteiger partial charge in [0.2, 0.25) is 5.91 Å². The number of likely N-dealkylation sites (N-methyl/N-ethyl adjacent to an activating group) is 1. The zero-order chi connectivity index (χ0) is 22.5. The van der Waals surface area contributed by atoms with Crippen molar-refractivity contribution in [1.82, 2.24) is 4.90 Å². The number of rotatable bonds is 6. The van der Waals surface area contributed by atoms with Crippen LogP contribution < -0.4 is 10.6 Å². The minimum atomic E-state index is -0.334. The molecule has 0 fully saturated rings. The Morgan fingerprint density at radius 3 is 2.19 bits per heavy atom. The van der Waals surface area contributed by atoms with Gasteiger partial charge in [-0.15, -0.1) is 0 Å². The van der Waals surface area contributed by atoms with Crippen LogP contribution in [0.2, 0.25) is 0 Å². The van der Waals surface area contributed by atoms with E-state index >= 15 is 0 Å². The molecule has 3 rings (SSSR count). The number of hydrogen-bond acceptors (Lipinski definition) is 3. The average molecular weight is 420 g/mol. The van der Waals surface area contributed by atoms with E-state index in [4.69, 9.17) is 0 Å². The number of halogens is 1. The van der Waals surface area contributed by atoms with Crippen LogP contribution in [0.3, 0.4) is 0 Å². The monoisotopic (exact) mass is 419 g/mol. The lowest BCUT2D eigenvalue weighted by molar-refractivity contribution is -0.116. The molecule has 0 heterocycles. The van der Waals surface area contributed by atoms with E-state index in [1.807, 2.05) is 32.9 Å². The van der Waals surface area contributed by atoms with Crippen molar-refractivity contribution < 1.29 is 14.0 Å². The maximum Gasteiger partial charge on any atom is 0.256 e. The smallest absolute Gasteiger partial charge is 0.256 e. The van der Waals surface area contributed by atoms with Gasteiger partial charge in [-0.05, 0) is 68.3 Å². The number of para-hydroxylation sites is 1. The largest absolute Gasteiger partial charge is 0.355 e. The first-order valence-electron chi connectivity index (χ1n) is 9.99. The Hall–Kier alpha value is -3.67. The van der Waals surface area contributed by atoms with Crippen LogP contribution in [0.15, 0.2) is 60.7 Å². The molecule has 0 saturated carbocycles. The predicted octanol–water partition coefficient (Wildman–Crippen LogP) is 5.21. The first-order chi connectivity index (χ1) is 14.7. The van der Waals surface area contributed by atoms with E-state index in [1.54, 1.807) is 43.4 Å². The van der Waals surface area contributed by atoms with Crippen LogP contribution in [0.5, 0.6) is 0 Å². The van der Waals surface area contributed by atoms with Crippen LogP contribution in [0, 0.1) is 26.6 Å². The van der Waals surface area contributed by atoms with Gasteiger partial charge in [0.1, 0.15) is 5.82 Å². The molecule has 0 saturated heterocycles. The second kappa shape index (κ2) is 9.43. The molecule has 160 valence electrons. The summed E-state index contributed by atoms with van der Waals surface area (Å²) in [6.07, 6.45) is 0. The number of benzene rings is 3. The van der Waals surface area contributed by atoms with Crippen LogP contribution in [0.4, 0.5) is 21.5 Å². The van der Waals surface area contributed by atoms with Crippen molar-refractivity contribution in [1.29, 1.82) is 0 Å². The van der Waals surface area contributed by atoms with Crippen molar-refractivity contribution in [2.24, 2.45) is 0 Å². The van der Waals surface area contributed by atoms with Crippen molar-refractivity contribution >= 4 is 28.9 Å². The third-order valence-corrected chi connectivity index (χ3v) is 4.95. The Labute approximate surface area is 181 Å². The van der Waals surface area contributed by atoms with Gasteiger partial charge in [-0.3, -0.25) is 9.59 Å². The zero-order valence-corrected chi connectivity index (χ0v) is 18.1. The first-order valence-corrected chi connectivity index (χ1v) is 9.99. The summed E-state index contributed by atoms with van der Waals surface area (Å²) < 4.78 is 13.2. The van der Waals surface area contributed by atoms with E-state index in [2.05, 4.69) is 10.6 Å². The van der Waals surface area contributed by atoms with Gasteiger partial charge in [0.25, 0.3) is 5.91 Å². The van der Waals surface area contributed by atoms with Gasteiger partial charge in [0.05, 0.1) is 17.8 Å². The summed E-state index contributed by atoms with van der Waals surface area (Å²) in [4.78, 5) is 27.0. The highest BCUT2D eigenvalue weighted by Crippen LogP contribution is 2.23. The number of amides is 2. The Morgan fingerprint density at radius 1 is 0.935 bits per heavy atom. The molecule has 0 spiro atoms. The fourth-order valence-corrected chi connectivity index (χ4v) is 3.52. The second-order valence-electron chi connectivity index (χ2n) is 7.66.